The molecule has 29 heavy (non-hydrogen) atoms. The van der Waals surface area contributed by atoms with E-state index in [4.69, 9.17) is 18.7 Å². The molecule has 0 atom stereocenters. The van der Waals surface area contributed by atoms with Crippen molar-refractivity contribution < 1.29 is 23.5 Å². The van der Waals surface area contributed by atoms with Crippen molar-refractivity contribution in [3.63, 3.8) is 0 Å². The van der Waals surface area contributed by atoms with Crippen molar-refractivity contribution in [3.8, 4) is 22.8 Å². The molecule has 8 nitrogen and oxygen atoms in total. The molecule has 0 fully saturated rings. The van der Waals surface area contributed by atoms with Gasteiger partial charge in [0.25, 0.3) is 0 Å². The zero-order valence-corrected chi connectivity index (χ0v) is 16.2. The van der Waals surface area contributed by atoms with Gasteiger partial charge in [0.2, 0.25) is 0 Å². The Bertz CT molecular complexity index is 1180. The Morgan fingerprint density at radius 3 is 2.72 bits per heavy atom. The maximum absolute atomic E-state index is 12.6. The maximum atomic E-state index is 12.6. The molecule has 8 heteroatoms. The fraction of sp³-hybridized carbons (Fsp3) is 0.190. The number of esters is 1. The van der Waals surface area contributed by atoms with E-state index in [1.54, 1.807) is 49.9 Å². The van der Waals surface area contributed by atoms with Crippen molar-refractivity contribution in [1.82, 2.24) is 14.5 Å². The van der Waals surface area contributed by atoms with Crippen molar-refractivity contribution in [3.05, 3.63) is 65.7 Å². The Balaban J connectivity index is 1.50. The monoisotopic (exact) mass is 393 g/mol. The molecule has 3 heterocycles. The van der Waals surface area contributed by atoms with Crippen LogP contribution < -0.4 is 9.47 Å². The van der Waals surface area contributed by atoms with Gasteiger partial charge in [0.15, 0.2) is 23.0 Å². The molecule has 4 rings (SSSR count). The quantitative estimate of drug-likeness (QED) is 0.462. The molecule has 0 N–H and O–H groups in total. The summed E-state index contributed by atoms with van der Waals surface area (Å²) in [6.45, 7) is 1.75. The first-order chi connectivity index (χ1) is 14.1. The molecular weight excluding hydrogens is 374 g/mol. The Morgan fingerprint density at radius 2 is 1.93 bits per heavy atom. The van der Waals surface area contributed by atoms with E-state index in [2.05, 4.69) is 10.1 Å². The second-order valence-corrected chi connectivity index (χ2v) is 6.30. The van der Waals surface area contributed by atoms with Crippen LogP contribution in [0.4, 0.5) is 0 Å². The van der Waals surface area contributed by atoms with Gasteiger partial charge in [-0.3, -0.25) is 4.40 Å². The minimum Gasteiger partial charge on any atom is -0.493 e. The topological polar surface area (TPSA) is 88.1 Å². The number of fused-ring (bicyclic) bond motifs is 1. The van der Waals surface area contributed by atoms with E-state index >= 15 is 0 Å². The number of hydrogen-bond acceptors (Lipinski definition) is 7. The highest BCUT2D eigenvalue weighted by Crippen LogP contribution is 2.32. The highest BCUT2D eigenvalue weighted by molar-refractivity contribution is 5.90. The number of aromatic nitrogens is 3. The van der Waals surface area contributed by atoms with E-state index in [0.29, 0.717) is 40.0 Å². The molecule has 0 aliphatic heterocycles. The van der Waals surface area contributed by atoms with Gasteiger partial charge in [-0.15, -0.1) is 0 Å². The lowest BCUT2D eigenvalue weighted by Crippen LogP contribution is -2.09. The first-order valence-corrected chi connectivity index (χ1v) is 8.89. The van der Waals surface area contributed by atoms with Gasteiger partial charge in [-0.2, -0.15) is 0 Å². The summed E-state index contributed by atoms with van der Waals surface area (Å²) >= 11 is 0. The number of benzene rings is 1. The van der Waals surface area contributed by atoms with E-state index in [9.17, 15) is 4.79 Å². The predicted molar refractivity (Wildman–Crippen MR) is 104 cm³/mol. The smallest absolute Gasteiger partial charge is 0.357 e. The normalized spacial score (nSPS) is 10.9. The summed E-state index contributed by atoms with van der Waals surface area (Å²) in [6, 6.07) is 12.6. The van der Waals surface area contributed by atoms with Crippen LogP contribution in [-0.2, 0) is 11.3 Å². The van der Waals surface area contributed by atoms with Crippen LogP contribution in [0.1, 0.15) is 21.9 Å². The summed E-state index contributed by atoms with van der Waals surface area (Å²) < 4.78 is 23.1. The van der Waals surface area contributed by atoms with E-state index in [1.807, 2.05) is 24.3 Å². The van der Waals surface area contributed by atoms with Crippen molar-refractivity contribution in [2.45, 2.75) is 13.5 Å². The molecular formula is C21H19N3O5. The number of methoxy groups -OCH3 is 2. The Morgan fingerprint density at radius 1 is 1.10 bits per heavy atom. The SMILES string of the molecule is COc1ccc(-c2cc(COC(=O)c3c(C)nc4ccccn34)no2)cc1OC. The number of carbonyl (C=O) groups is 1. The molecule has 0 spiro atoms. The molecule has 0 amide bonds. The molecule has 0 saturated heterocycles. The Labute approximate surface area is 166 Å². The molecule has 0 aliphatic rings. The highest BCUT2D eigenvalue weighted by atomic mass is 16.5. The average Bonchev–Trinajstić information content (AvgIpc) is 3.35. The van der Waals surface area contributed by atoms with Crippen molar-refractivity contribution in [2.24, 2.45) is 0 Å². The number of pyridine rings is 1. The molecule has 0 aliphatic carbocycles. The summed E-state index contributed by atoms with van der Waals surface area (Å²) in [5, 5.41) is 3.98. The number of rotatable bonds is 6. The average molecular weight is 393 g/mol. The number of imidazole rings is 1. The van der Waals surface area contributed by atoms with Crippen LogP contribution in [0.3, 0.4) is 0 Å². The third-order valence-corrected chi connectivity index (χ3v) is 4.48. The van der Waals surface area contributed by atoms with Crippen LogP contribution in [0, 0.1) is 6.92 Å². The van der Waals surface area contributed by atoms with Gasteiger partial charge in [-0.1, -0.05) is 11.2 Å². The number of hydrogen-bond donors (Lipinski definition) is 0. The first kappa shape index (κ1) is 18.5. The first-order valence-electron chi connectivity index (χ1n) is 8.89. The number of nitrogens with zero attached hydrogens (tertiary/aromatic N) is 3. The van der Waals surface area contributed by atoms with Crippen LogP contribution in [-0.4, -0.2) is 34.7 Å². The summed E-state index contributed by atoms with van der Waals surface area (Å²) in [6.07, 6.45) is 1.77. The van der Waals surface area contributed by atoms with Crippen LogP contribution in [0.15, 0.2) is 53.2 Å². The van der Waals surface area contributed by atoms with E-state index in [-0.39, 0.29) is 6.61 Å². The molecule has 148 valence electrons. The zero-order valence-electron chi connectivity index (χ0n) is 16.2. The molecule has 0 bridgehead atoms. The van der Waals surface area contributed by atoms with Gasteiger partial charge in [0, 0.05) is 17.8 Å². The second-order valence-electron chi connectivity index (χ2n) is 6.30. The molecule has 0 radical (unpaired) electrons. The van der Waals surface area contributed by atoms with Gasteiger partial charge in [-0.05, 0) is 37.3 Å². The molecule has 4 aromatic rings. The molecule has 3 aromatic heterocycles. The van der Waals surface area contributed by atoms with E-state index in [1.165, 1.54) is 0 Å². The minimum absolute atomic E-state index is 0.0187. The number of ether oxygens (including phenoxy) is 3. The summed E-state index contributed by atoms with van der Waals surface area (Å²) in [7, 11) is 3.14. The molecule has 0 saturated carbocycles. The number of aryl methyl sites for hydroxylation is 1. The van der Waals surface area contributed by atoms with Gasteiger partial charge in [0.1, 0.15) is 17.9 Å². The van der Waals surface area contributed by atoms with E-state index < -0.39 is 5.97 Å². The number of carbonyl (C=O) groups excluding carboxylic acids is 1. The van der Waals surface area contributed by atoms with Crippen LogP contribution in [0.2, 0.25) is 0 Å². The summed E-state index contributed by atoms with van der Waals surface area (Å²) in [5.41, 5.74) is 2.95. The Hall–Kier alpha value is -3.81. The Kier molecular flexibility index (Phi) is 4.90. The predicted octanol–water partition coefficient (Wildman–Crippen LogP) is 3.67. The van der Waals surface area contributed by atoms with Crippen LogP contribution in [0.5, 0.6) is 11.5 Å². The standard InChI is InChI=1S/C21H19N3O5/c1-13-20(24-9-5-4-6-19(24)22-13)21(25)28-12-15-11-17(29-23-15)14-7-8-16(26-2)18(10-14)27-3/h4-11H,12H2,1-3H3. The third-order valence-electron chi connectivity index (χ3n) is 4.48. The van der Waals surface area contributed by atoms with Crippen molar-refractivity contribution >= 4 is 11.6 Å². The lowest BCUT2D eigenvalue weighted by atomic mass is 10.1. The van der Waals surface area contributed by atoms with Crippen LogP contribution >= 0.6 is 0 Å². The van der Waals surface area contributed by atoms with Gasteiger partial charge in [0.05, 0.1) is 19.9 Å². The largest absolute Gasteiger partial charge is 0.493 e. The maximum Gasteiger partial charge on any atom is 0.357 e. The lowest BCUT2D eigenvalue weighted by Gasteiger charge is -2.07. The van der Waals surface area contributed by atoms with Gasteiger partial charge < -0.3 is 18.7 Å². The summed E-state index contributed by atoms with van der Waals surface area (Å²) in [5.74, 6) is 1.26. The third kappa shape index (κ3) is 3.52. The minimum atomic E-state index is -0.475. The van der Waals surface area contributed by atoms with Crippen LogP contribution in [0.25, 0.3) is 17.0 Å². The molecule has 0 unspecified atom stereocenters. The lowest BCUT2D eigenvalue weighted by molar-refractivity contribution is 0.0455. The van der Waals surface area contributed by atoms with Crippen molar-refractivity contribution in [1.29, 1.82) is 0 Å². The van der Waals surface area contributed by atoms with E-state index in [0.717, 1.165) is 5.56 Å². The van der Waals surface area contributed by atoms with Gasteiger partial charge in [-0.25, -0.2) is 9.78 Å². The second kappa shape index (κ2) is 7.67. The van der Waals surface area contributed by atoms with Gasteiger partial charge >= 0.3 is 5.97 Å². The molecule has 1 aromatic carbocycles. The highest BCUT2D eigenvalue weighted by Gasteiger charge is 2.19. The zero-order chi connectivity index (χ0) is 20.4. The fourth-order valence-corrected chi connectivity index (χ4v) is 3.07. The fourth-order valence-electron chi connectivity index (χ4n) is 3.07. The van der Waals surface area contributed by atoms with Crippen molar-refractivity contribution in [2.75, 3.05) is 14.2 Å². The summed E-state index contributed by atoms with van der Waals surface area (Å²) in [4.78, 5) is 16.9.